The molecule has 0 radical (unpaired) electrons. The molecule has 0 unspecified atom stereocenters. The van der Waals surface area contributed by atoms with E-state index in [9.17, 15) is 10.1 Å². The van der Waals surface area contributed by atoms with E-state index in [1.54, 1.807) is 24.3 Å². The van der Waals surface area contributed by atoms with Gasteiger partial charge in [0.05, 0.1) is 11.0 Å². The fraction of sp³-hybridized carbons (Fsp3) is 0. The monoisotopic (exact) mass is 308 g/mol. The highest BCUT2D eigenvalue weighted by molar-refractivity contribution is 6.31. The van der Waals surface area contributed by atoms with Gasteiger partial charge in [0.25, 0.3) is 5.69 Å². The van der Waals surface area contributed by atoms with Crippen molar-refractivity contribution in [3.8, 4) is 11.5 Å². The largest absolute Gasteiger partial charge is 0.454 e. The molecular weight excluding hydrogens is 303 g/mol. The second-order valence-electron chi connectivity index (χ2n) is 4.08. The summed E-state index contributed by atoms with van der Waals surface area (Å²) in [7, 11) is 0. The normalized spacial score (nSPS) is 10.9. The molecule has 7 heteroatoms. The van der Waals surface area contributed by atoms with Crippen molar-refractivity contribution < 1.29 is 9.34 Å². The van der Waals surface area contributed by atoms with E-state index < -0.39 is 4.92 Å². The molecule has 0 aliphatic rings. The highest BCUT2D eigenvalue weighted by Crippen LogP contribution is 2.31. The Kier molecular flexibility index (Phi) is 3.08. The van der Waals surface area contributed by atoms with E-state index in [1.807, 2.05) is 0 Å². The predicted molar refractivity (Wildman–Crippen MR) is 76.1 cm³/mol. The first-order valence-electron chi connectivity index (χ1n) is 5.54. The van der Waals surface area contributed by atoms with E-state index in [-0.39, 0.29) is 10.8 Å². The van der Waals surface area contributed by atoms with E-state index in [2.05, 4.69) is 4.98 Å². The second-order valence-corrected chi connectivity index (χ2v) is 4.91. The van der Waals surface area contributed by atoms with Crippen molar-refractivity contribution in [3.63, 3.8) is 0 Å². The van der Waals surface area contributed by atoms with Gasteiger partial charge < -0.3 is 4.42 Å². The van der Waals surface area contributed by atoms with Crippen LogP contribution < -0.4 is 0 Å². The number of benzene rings is 1. The van der Waals surface area contributed by atoms with Gasteiger partial charge in [-0.15, -0.1) is 0 Å². The molecule has 1 aromatic carbocycles. The molecule has 0 saturated carbocycles. The van der Waals surface area contributed by atoms with E-state index >= 15 is 0 Å². The summed E-state index contributed by atoms with van der Waals surface area (Å²) in [5.41, 5.74) is 0.781. The Bertz CT molecular complexity index is 830. The molecule has 0 atom stereocenters. The maximum absolute atomic E-state index is 10.8. The number of aromatic nitrogens is 1. The topological polar surface area (TPSA) is 69.2 Å². The SMILES string of the molecule is O=[N+]([O-])c1cc(Cl)nc(-c2cc3cc(Cl)ccc3o2)c1. The summed E-state index contributed by atoms with van der Waals surface area (Å²) in [5, 5.41) is 12.2. The number of nitro groups is 1. The highest BCUT2D eigenvalue weighted by Gasteiger charge is 2.14. The Hall–Kier alpha value is -2.11. The molecule has 3 rings (SSSR count). The van der Waals surface area contributed by atoms with Gasteiger partial charge in [-0.05, 0) is 24.3 Å². The van der Waals surface area contributed by atoms with Gasteiger partial charge in [-0.3, -0.25) is 10.1 Å². The van der Waals surface area contributed by atoms with Gasteiger partial charge in [-0.2, -0.15) is 0 Å². The van der Waals surface area contributed by atoms with Crippen LogP contribution >= 0.6 is 23.2 Å². The van der Waals surface area contributed by atoms with Crippen LogP contribution in [0.4, 0.5) is 5.69 Å². The lowest BCUT2D eigenvalue weighted by atomic mass is 10.2. The molecule has 0 N–H and O–H groups in total. The lowest BCUT2D eigenvalue weighted by molar-refractivity contribution is -0.384. The van der Waals surface area contributed by atoms with Crippen LogP contribution in [0.15, 0.2) is 40.8 Å². The van der Waals surface area contributed by atoms with E-state index in [0.717, 1.165) is 5.39 Å². The summed E-state index contributed by atoms with van der Waals surface area (Å²) in [6.45, 7) is 0. The molecule has 2 heterocycles. The van der Waals surface area contributed by atoms with Crippen molar-refractivity contribution >= 4 is 39.9 Å². The lowest BCUT2D eigenvalue weighted by Crippen LogP contribution is -1.91. The summed E-state index contributed by atoms with van der Waals surface area (Å²) in [5.74, 6) is 0.396. The summed E-state index contributed by atoms with van der Waals surface area (Å²) in [6, 6.07) is 9.37. The van der Waals surface area contributed by atoms with Crippen molar-refractivity contribution in [1.82, 2.24) is 4.98 Å². The third-order valence-electron chi connectivity index (χ3n) is 2.72. The maximum atomic E-state index is 10.8. The average molecular weight is 309 g/mol. The summed E-state index contributed by atoms with van der Waals surface area (Å²) in [6.07, 6.45) is 0. The summed E-state index contributed by atoms with van der Waals surface area (Å²) < 4.78 is 5.60. The molecule has 0 amide bonds. The minimum absolute atomic E-state index is 0.0349. The molecular formula is C13H6Cl2N2O3. The molecule has 0 aliphatic heterocycles. The van der Waals surface area contributed by atoms with Gasteiger partial charge in [0.1, 0.15) is 16.4 Å². The molecule has 2 aromatic heterocycles. The summed E-state index contributed by atoms with van der Waals surface area (Å²) in [4.78, 5) is 14.3. The zero-order valence-electron chi connectivity index (χ0n) is 9.84. The van der Waals surface area contributed by atoms with Crippen molar-refractivity contribution in [3.05, 3.63) is 56.7 Å². The van der Waals surface area contributed by atoms with E-state index in [0.29, 0.717) is 22.1 Å². The zero-order chi connectivity index (χ0) is 14.3. The maximum Gasteiger partial charge on any atom is 0.274 e. The van der Waals surface area contributed by atoms with Gasteiger partial charge in [0.15, 0.2) is 5.76 Å². The lowest BCUT2D eigenvalue weighted by Gasteiger charge is -1.97. The number of fused-ring (bicyclic) bond motifs is 1. The molecule has 0 aliphatic carbocycles. The molecule has 0 saturated heterocycles. The third-order valence-corrected chi connectivity index (χ3v) is 3.15. The van der Waals surface area contributed by atoms with Crippen LogP contribution in [0.1, 0.15) is 0 Å². The van der Waals surface area contributed by atoms with Crippen molar-refractivity contribution in [2.45, 2.75) is 0 Å². The molecule has 3 aromatic rings. The molecule has 0 bridgehead atoms. The fourth-order valence-corrected chi connectivity index (χ4v) is 2.24. The Morgan fingerprint density at radius 2 is 1.95 bits per heavy atom. The van der Waals surface area contributed by atoms with Crippen LogP contribution in [0.3, 0.4) is 0 Å². The first-order chi connectivity index (χ1) is 9.52. The molecule has 20 heavy (non-hydrogen) atoms. The van der Waals surface area contributed by atoms with Crippen LogP contribution in [0.25, 0.3) is 22.4 Å². The Morgan fingerprint density at radius 3 is 2.70 bits per heavy atom. The van der Waals surface area contributed by atoms with Gasteiger partial charge in [0.2, 0.25) is 0 Å². The number of pyridine rings is 1. The molecule has 0 spiro atoms. The van der Waals surface area contributed by atoms with Crippen LogP contribution in [-0.4, -0.2) is 9.91 Å². The minimum atomic E-state index is -0.531. The Morgan fingerprint density at radius 1 is 1.15 bits per heavy atom. The zero-order valence-corrected chi connectivity index (χ0v) is 11.4. The standard InChI is InChI=1S/C13H6Cl2N2O3/c14-8-1-2-11-7(3-8)4-12(20-11)10-5-9(17(18)19)6-13(15)16-10/h1-6H. The Balaban J connectivity index is 2.17. The number of furan rings is 1. The minimum Gasteiger partial charge on any atom is -0.454 e. The van der Waals surface area contributed by atoms with Gasteiger partial charge in [-0.1, -0.05) is 23.2 Å². The Labute approximate surface area is 122 Å². The number of hydrogen-bond donors (Lipinski definition) is 0. The van der Waals surface area contributed by atoms with Crippen molar-refractivity contribution in [2.75, 3.05) is 0 Å². The van der Waals surface area contributed by atoms with Gasteiger partial charge in [-0.25, -0.2) is 4.98 Å². The molecule has 5 nitrogen and oxygen atoms in total. The number of halogens is 2. The fourth-order valence-electron chi connectivity index (χ4n) is 1.86. The van der Waals surface area contributed by atoms with E-state index in [4.69, 9.17) is 27.6 Å². The number of hydrogen-bond acceptors (Lipinski definition) is 4. The summed E-state index contributed by atoms with van der Waals surface area (Å²) >= 11 is 11.7. The average Bonchev–Trinajstić information content (AvgIpc) is 2.80. The van der Waals surface area contributed by atoms with Gasteiger partial charge in [0, 0.05) is 16.5 Å². The first kappa shape index (κ1) is 12.9. The predicted octanol–water partition coefficient (Wildman–Crippen LogP) is 4.71. The van der Waals surface area contributed by atoms with Crippen molar-refractivity contribution in [2.24, 2.45) is 0 Å². The molecule has 100 valence electrons. The van der Waals surface area contributed by atoms with Crippen LogP contribution in [-0.2, 0) is 0 Å². The van der Waals surface area contributed by atoms with Crippen LogP contribution in [0.2, 0.25) is 10.2 Å². The molecule has 0 fully saturated rings. The first-order valence-corrected chi connectivity index (χ1v) is 6.30. The number of rotatable bonds is 2. The van der Waals surface area contributed by atoms with Crippen LogP contribution in [0, 0.1) is 10.1 Å². The van der Waals surface area contributed by atoms with Crippen molar-refractivity contribution in [1.29, 1.82) is 0 Å². The van der Waals surface area contributed by atoms with E-state index in [1.165, 1.54) is 12.1 Å². The third kappa shape index (κ3) is 2.33. The quantitative estimate of drug-likeness (QED) is 0.390. The highest BCUT2D eigenvalue weighted by atomic mass is 35.5. The second kappa shape index (κ2) is 4.77. The van der Waals surface area contributed by atoms with Crippen LogP contribution in [0.5, 0.6) is 0 Å². The van der Waals surface area contributed by atoms with Gasteiger partial charge >= 0.3 is 0 Å². The smallest absolute Gasteiger partial charge is 0.274 e. The number of nitrogens with zero attached hydrogens (tertiary/aromatic N) is 2.